The van der Waals surface area contributed by atoms with E-state index >= 15 is 0 Å². The third-order valence-corrected chi connectivity index (χ3v) is 5.58. The highest BCUT2D eigenvalue weighted by molar-refractivity contribution is 6.30. The summed E-state index contributed by atoms with van der Waals surface area (Å²) in [5.74, 6) is -0.257. The second-order valence-electron chi connectivity index (χ2n) is 6.82. The van der Waals surface area contributed by atoms with Crippen LogP contribution >= 0.6 is 11.6 Å². The monoisotopic (exact) mass is 340 g/mol. The zero-order chi connectivity index (χ0) is 16.7. The number of halogens is 1. The van der Waals surface area contributed by atoms with Gasteiger partial charge in [-0.1, -0.05) is 35.9 Å². The smallest absolute Gasteiger partial charge is 0.221 e. The molecule has 0 spiro atoms. The van der Waals surface area contributed by atoms with Crippen molar-refractivity contribution in [3.05, 3.63) is 69.2 Å². The first kappa shape index (κ1) is 15.7. The molecule has 0 fully saturated rings. The standard InChI is InChI=1S/C20H21ClN2O/c21-16-5-6-18-14(10-16)4-7-19(18)23-9-8-17-13(11-20(22)24)2-1-3-15(17)12-23/h1-3,5-6,10,19H,4,7-9,11-12H2,(H2,22,24)/t19-/m0/s1. The molecule has 2 N–H and O–H groups in total. The van der Waals surface area contributed by atoms with Gasteiger partial charge in [0.05, 0.1) is 6.42 Å². The Hall–Kier alpha value is -1.84. The van der Waals surface area contributed by atoms with Crippen LogP contribution in [0.1, 0.15) is 40.3 Å². The number of hydrogen-bond acceptors (Lipinski definition) is 2. The predicted molar refractivity (Wildman–Crippen MR) is 96.0 cm³/mol. The number of rotatable bonds is 3. The van der Waals surface area contributed by atoms with E-state index < -0.39 is 0 Å². The van der Waals surface area contributed by atoms with Crippen molar-refractivity contribution < 1.29 is 4.79 Å². The summed E-state index contributed by atoms with van der Waals surface area (Å²) < 4.78 is 0. The predicted octanol–water partition coefficient (Wildman–Crippen LogP) is 3.41. The number of aryl methyl sites for hydroxylation is 1. The van der Waals surface area contributed by atoms with Gasteiger partial charge in [0.2, 0.25) is 5.91 Å². The largest absolute Gasteiger partial charge is 0.369 e. The van der Waals surface area contributed by atoms with Crippen molar-refractivity contribution in [2.45, 2.75) is 38.3 Å². The van der Waals surface area contributed by atoms with Crippen molar-refractivity contribution in [3.8, 4) is 0 Å². The Bertz CT molecular complexity index is 802. The van der Waals surface area contributed by atoms with Crippen molar-refractivity contribution in [2.75, 3.05) is 6.54 Å². The fraction of sp³-hybridized carbons (Fsp3) is 0.350. The summed E-state index contributed by atoms with van der Waals surface area (Å²) in [6.45, 7) is 1.96. The van der Waals surface area contributed by atoms with E-state index in [2.05, 4.69) is 23.1 Å². The van der Waals surface area contributed by atoms with E-state index in [4.69, 9.17) is 17.3 Å². The zero-order valence-corrected chi connectivity index (χ0v) is 14.4. The van der Waals surface area contributed by atoms with Gasteiger partial charge in [-0.25, -0.2) is 0 Å². The molecule has 1 aliphatic heterocycles. The molecule has 1 atom stereocenters. The van der Waals surface area contributed by atoms with E-state index in [1.54, 1.807) is 0 Å². The van der Waals surface area contributed by atoms with Crippen LogP contribution in [0, 0.1) is 0 Å². The molecule has 4 heteroatoms. The van der Waals surface area contributed by atoms with E-state index in [1.807, 2.05) is 18.2 Å². The minimum atomic E-state index is -0.257. The Labute approximate surface area is 147 Å². The van der Waals surface area contributed by atoms with Crippen LogP contribution in [0.15, 0.2) is 36.4 Å². The molecule has 24 heavy (non-hydrogen) atoms. The lowest BCUT2D eigenvalue weighted by atomic mass is 9.91. The number of benzene rings is 2. The minimum absolute atomic E-state index is 0.257. The van der Waals surface area contributed by atoms with Gasteiger partial charge in [0.15, 0.2) is 0 Å². The molecule has 1 amide bonds. The Morgan fingerprint density at radius 2 is 2.08 bits per heavy atom. The van der Waals surface area contributed by atoms with E-state index in [0.29, 0.717) is 12.5 Å². The Kier molecular flexibility index (Phi) is 4.07. The second-order valence-corrected chi connectivity index (χ2v) is 7.25. The summed E-state index contributed by atoms with van der Waals surface area (Å²) in [6, 6.07) is 13.0. The lowest BCUT2D eigenvalue weighted by Crippen LogP contribution is -2.34. The fourth-order valence-corrected chi connectivity index (χ4v) is 4.47. The maximum absolute atomic E-state index is 11.3. The molecule has 1 aliphatic carbocycles. The van der Waals surface area contributed by atoms with Gasteiger partial charge >= 0.3 is 0 Å². The number of fused-ring (bicyclic) bond motifs is 2. The summed E-state index contributed by atoms with van der Waals surface area (Å²) >= 11 is 6.13. The van der Waals surface area contributed by atoms with Gasteiger partial charge in [0.1, 0.15) is 0 Å². The molecule has 2 aromatic rings. The number of primary amides is 1. The number of nitrogens with two attached hydrogens (primary N) is 1. The van der Waals surface area contributed by atoms with Crippen LogP contribution in [-0.4, -0.2) is 17.4 Å². The molecule has 0 bridgehead atoms. The molecule has 0 aromatic heterocycles. The van der Waals surface area contributed by atoms with Gasteiger partial charge in [-0.2, -0.15) is 0 Å². The van der Waals surface area contributed by atoms with Crippen LogP contribution in [0.2, 0.25) is 5.02 Å². The average molecular weight is 341 g/mol. The number of nitrogens with zero attached hydrogens (tertiary/aromatic N) is 1. The molecule has 2 aliphatic rings. The molecule has 0 saturated carbocycles. The summed E-state index contributed by atoms with van der Waals surface area (Å²) in [5, 5.41) is 0.828. The van der Waals surface area contributed by atoms with Crippen LogP contribution in [0.5, 0.6) is 0 Å². The molecule has 0 radical (unpaired) electrons. The maximum atomic E-state index is 11.3. The third kappa shape index (κ3) is 2.83. The van der Waals surface area contributed by atoms with E-state index in [-0.39, 0.29) is 5.91 Å². The number of hydrogen-bond donors (Lipinski definition) is 1. The summed E-state index contributed by atoms with van der Waals surface area (Å²) in [7, 11) is 0. The van der Waals surface area contributed by atoms with Gasteiger partial charge in [-0.15, -0.1) is 0 Å². The maximum Gasteiger partial charge on any atom is 0.221 e. The Morgan fingerprint density at radius 1 is 1.21 bits per heavy atom. The Balaban J connectivity index is 1.59. The topological polar surface area (TPSA) is 46.3 Å². The quantitative estimate of drug-likeness (QED) is 0.930. The average Bonchev–Trinajstić information content (AvgIpc) is 2.97. The van der Waals surface area contributed by atoms with Gasteiger partial charge in [-0.3, -0.25) is 9.69 Å². The van der Waals surface area contributed by atoms with Crippen LogP contribution in [0.4, 0.5) is 0 Å². The van der Waals surface area contributed by atoms with Crippen LogP contribution in [-0.2, 0) is 30.6 Å². The molecule has 0 saturated heterocycles. The van der Waals surface area contributed by atoms with E-state index in [0.717, 1.165) is 42.9 Å². The SMILES string of the molecule is NC(=O)Cc1cccc2c1CCN([C@H]1CCc3cc(Cl)ccc31)C2. The first-order valence-electron chi connectivity index (χ1n) is 8.52. The molecule has 4 rings (SSSR count). The van der Waals surface area contributed by atoms with E-state index in [1.165, 1.54) is 22.3 Å². The molecule has 1 heterocycles. The van der Waals surface area contributed by atoms with Gasteiger partial charge in [-0.05, 0) is 59.2 Å². The van der Waals surface area contributed by atoms with Crippen LogP contribution in [0.25, 0.3) is 0 Å². The van der Waals surface area contributed by atoms with Gasteiger partial charge < -0.3 is 5.73 Å². The molecule has 0 unspecified atom stereocenters. The number of carbonyl (C=O) groups is 1. The van der Waals surface area contributed by atoms with Crippen molar-refractivity contribution in [2.24, 2.45) is 5.73 Å². The first-order chi connectivity index (χ1) is 11.6. The third-order valence-electron chi connectivity index (χ3n) is 5.35. The molecule has 2 aromatic carbocycles. The summed E-state index contributed by atoms with van der Waals surface area (Å²) in [5.41, 5.74) is 12.0. The highest BCUT2D eigenvalue weighted by Crippen LogP contribution is 2.39. The fourth-order valence-electron chi connectivity index (χ4n) is 4.27. The van der Waals surface area contributed by atoms with Gasteiger partial charge in [0, 0.05) is 24.2 Å². The highest BCUT2D eigenvalue weighted by Gasteiger charge is 2.30. The van der Waals surface area contributed by atoms with Gasteiger partial charge in [0.25, 0.3) is 0 Å². The van der Waals surface area contributed by atoms with Crippen molar-refractivity contribution in [3.63, 3.8) is 0 Å². The summed E-state index contributed by atoms with van der Waals surface area (Å²) in [6.07, 6.45) is 3.59. The van der Waals surface area contributed by atoms with Crippen molar-refractivity contribution in [1.82, 2.24) is 4.90 Å². The first-order valence-corrected chi connectivity index (χ1v) is 8.90. The van der Waals surface area contributed by atoms with E-state index in [9.17, 15) is 4.79 Å². The lowest BCUT2D eigenvalue weighted by Gasteiger charge is -2.35. The zero-order valence-electron chi connectivity index (χ0n) is 13.6. The molecular weight excluding hydrogens is 320 g/mol. The van der Waals surface area contributed by atoms with Crippen LogP contribution < -0.4 is 5.73 Å². The van der Waals surface area contributed by atoms with Crippen LogP contribution in [0.3, 0.4) is 0 Å². The van der Waals surface area contributed by atoms with Crippen molar-refractivity contribution >= 4 is 17.5 Å². The summed E-state index contributed by atoms with van der Waals surface area (Å²) in [4.78, 5) is 13.9. The highest BCUT2D eigenvalue weighted by atomic mass is 35.5. The number of amides is 1. The lowest BCUT2D eigenvalue weighted by molar-refractivity contribution is -0.117. The molecule has 3 nitrogen and oxygen atoms in total. The van der Waals surface area contributed by atoms with Crippen molar-refractivity contribution in [1.29, 1.82) is 0 Å². The Morgan fingerprint density at radius 3 is 2.92 bits per heavy atom. The second kappa shape index (κ2) is 6.23. The normalized spacial score (nSPS) is 19.8. The molecular formula is C20H21ClN2O. The minimum Gasteiger partial charge on any atom is -0.369 e. The number of carbonyl (C=O) groups excluding carboxylic acids is 1. The molecule has 124 valence electrons.